The Morgan fingerprint density at radius 1 is 1.45 bits per heavy atom. The summed E-state index contributed by atoms with van der Waals surface area (Å²) in [6.45, 7) is 4.00. The largest absolute Gasteiger partial charge is 0.328 e. The molecule has 20 heavy (non-hydrogen) atoms. The summed E-state index contributed by atoms with van der Waals surface area (Å²) in [6.07, 6.45) is 0.827. The molecule has 0 bridgehead atoms. The molecule has 1 heterocycles. The lowest BCUT2D eigenvalue weighted by molar-refractivity contribution is 0.255. The second kappa shape index (κ2) is 6.67. The van der Waals surface area contributed by atoms with Crippen LogP contribution in [0.5, 0.6) is 0 Å². The number of rotatable bonds is 4. The van der Waals surface area contributed by atoms with Gasteiger partial charge in [0.25, 0.3) is 0 Å². The van der Waals surface area contributed by atoms with Crippen molar-refractivity contribution in [2.75, 3.05) is 10.2 Å². The van der Waals surface area contributed by atoms with E-state index < -0.39 is 0 Å². The lowest BCUT2D eigenvalue weighted by Crippen LogP contribution is -2.41. The number of halogens is 1. The maximum absolute atomic E-state index is 12.4. The van der Waals surface area contributed by atoms with Crippen LogP contribution in [0.3, 0.4) is 0 Å². The Morgan fingerprint density at radius 2 is 2.15 bits per heavy atom. The highest BCUT2D eigenvalue weighted by molar-refractivity contribution is 7.13. The predicted octanol–water partition coefficient (Wildman–Crippen LogP) is 4.03. The number of urea groups is 1. The van der Waals surface area contributed by atoms with Gasteiger partial charge in [-0.05, 0) is 37.6 Å². The smallest absolute Gasteiger partial charge is 0.307 e. The molecule has 1 atom stereocenters. The number of carbonyl (C=O) groups is 1. The van der Waals surface area contributed by atoms with E-state index in [2.05, 4.69) is 15.5 Å². The number of nitrogens with one attached hydrogen (secondary N) is 1. The van der Waals surface area contributed by atoms with Crippen LogP contribution in [0.15, 0.2) is 29.8 Å². The highest BCUT2D eigenvalue weighted by Gasteiger charge is 2.23. The molecular formula is C13H15ClN4OS. The van der Waals surface area contributed by atoms with Crippen LogP contribution in [0.2, 0.25) is 5.02 Å². The van der Waals surface area contributed by atoms with E-state index in [9.17, 15) is 4.79 Å². The minimum absolute atomic E-state index is 0.0373. The first-order valence-corrected chi connectivity index (χ1v) is 7.49. The van der Waals surface area contributed by atoms with Crippen molar-refractivity contribution in [3.8, 4) is 0 Å². The summed E-state index contributed by atoms with van der Waals surface area (Å²) >= 11 is 7.16. The average Bonchev–Trinajstić information content (AvgIpc) is 2.95. The first kappa shape index (κ1) is 14.7. The lowest BCUT2D eigenvalue weighted by Gasteiger charge is -2.25. The van der Waals surface area contributed by atoms with Gasteiger partial charge in [0.05, 0.1) is 0 Å². The number of benzene rings is 1. The van der Waals surface area contributed by atoms with E-state index in [1.54, 1.807) is 34.7 Å². The van der Waals surface area contributed by atoms with Gasteiger partial charge in [-0.15, -0.1) is 10.2 Å². The Labute approximate surface area is 126 Å². The maximum Gasteiger partial charge on any atom is 0.328 e. The van der Waals surface area contributed by atoms with Crippen LogP contribution in [0, 0.1) is 0 Å². The molecule has 0 radical (unpaired) electrons. The fourth-order valence-electron chi connectivity index (χ4n) is 1.65. The quantitative estimate of drug-likeness (QED) is 0.927. The lowest BCUT2D eigenvalue weighted by atomic mass is 10.2. The van der Waals surface area contributed by atoms with E-state index in [1.807, 2.05) is 13.8 Å². The zero-order valence-corrected chi connectivity index (χ0v) is 12.8. The van der Waals surface area contributed by atoms with E-state index in [-0.39, 0.29) is 12.1 Å². The highest BCUT2D eigenvalue weighted by Crippen LogP contribution is 2.22. The first-order chi connectivity index (χ1) is 9.61. The molecule has 0 aliphatic rings. The van der Waals surface area contributed by atoms with E-state index in [0.717, 1.165) is 6.42 Å². The van der Waals surface area contributed by atoms with Gasteiger partial charge in [-0.2, -0.15) is 0 Å². The molecule has 0 fully saturated rings. The van der Waals surface area contributed by atoms with E-state index in [4.69, 9.17) is 11.6 Å². The second-order valence-corrected chi connectivity index (χ2v) is 5.53. The van der Waals surface area contributed by atoms with Gasteiger partial charge in [-0.3, -0.25) is 4.90 Å². The molecule has 2 amide bonds. The first-order valence-electron chi connectivity index (χ1n) is 6.23. The van der Waals surface area contributed by atoms with Gasteiger partial charge >= 0.3 is 6.03 Å². The number of carbonyl (C=O) groups excluding carboxylic acids is 1. The Bertz CT molecular complexity index is 558. The molecule has 1 N–H and O–H groups in total. The number of aromatic nitrogens is 2. The number of anilines is 2. The van der Waals surface area contributed by atoms with Crippen LogP contribution in [-0.4, -0.2) is 22.3 Å². The number of hydrogen-bond acceptors (Lipinski definition) is 4. The minimum Gasteiger partial charge on any atom is -0.307 e. The van der Waals surface area contributed by atoms with Crippen LogP contribution in [0.25, 0.3) is 0 Å². The summed E-state index contributed by atoms with van der Waals surface area (Å²) < 4.78 is 0. The molecule has 1 aromatic carbocycles. The highest BCUT2D eigenvalue weighted by atomic mass is 35.5. The third kappa shape index (κ3) is 3.46. The van der Waals surface area contributed by atoms with Crippen LogP contribution in [0.1, 0.15) is 20.3 Å². The number of amides is 2. The Balaban J connectivity index is 2.17. The molecule has 5 nitrogen and oxygen atoms in total. The van der Waals surface area contributed by atoms with Gasteiger partial charge in [-0.1, -0.05) is 29.9 Å². The van der Waals surface area contributed by atoms with Crippen molar-refractivity contribution in [3.63, 3.8) is 0 Å². The van der Waals surface area contributed by atoms with E-state index in [0.29, 0.717) is 15.8 Å². The van der Waals surface area contributed by atoms with Crippen LogP contribution in [-0.2, 0) is 0 Å². The van der Waals surface area contributed by atoms with Gasteiger partial charge in [-0.25, -0.2) is 4.79 Å². The summed E-state index contributed by atoms with van der Waals surface area (Å²) in [6, 6.07) is 6.80. The molecular weight excluding hydrogens is 296 g/mol. The standard InChI is InChI=1S/C13H15ClN4OS/c1-3-9(2)18(13-17-15-8-20-13)12(19)16-11-6-4-10(14)5-7-11/h4-9H,3H2,1-2H3,(H,16,19). The number of nitrogens with zero attached hydrogens (tertiary/aromatic N) is 3. The molecule has 1 aromatic heterocycles. The van der Waals surface area contributed by atoms with E-state index in [1.165, 1.54) is 11.3 Å². The second-order valence-electron chi connectivity index (χ2n) is 4.29. The molecule has 0 aliphatic heterocycles. The van der Waals surface area contributed by atoms with Crippen LogP contribution >= 0.6 is 22.9 Å². The Morgan fingerprint density at radius 3 is 2.70 bits per heavy atom. The van der Waals surface area contributed by atoms with Crippen molar-refractivity contribution in [3.05, 3.63) is 34.8 Å². The van der Waals surface area contributed by atoms with Crippen molar-refractivity contribution in [1.29, 1.82) is 0 Å². The van der Waals surface area contributed by atoms with Gasteiger partial charge in [0.15, 0.2) is 0 Å². The molecule has 0 aliphatic carbocycles. The summed E-state index contributed by atoms with van der Waals surface area (Å²) in [5.41, 5.74) is 2.30. The molecule has 7 heteroatoms. The fraction of sp³-hybridized carbons (Fsp3) is 0.308. The normalized spacial score (nSPS) is 11.9. The fourth-order valence-corrected chi connectivity index (χ4v) is 2.43. The molecule has 2 aromatic rings. The van der Waals surface area contributed by atoms with Crippen molar-refractivity contribution in [2.45, 2.75) is 26.3 Å². The zero-order chi connectivity index (χ0) is 14.5. The average molecular weight is 311 g/mol. The summed E-state index contributed by atoms with van der Waals surface area (Å²) in [7, 11) is 0. The summed E-state index contributed by atoms with van der Waals surface area (Å²) in [4.78, 5) is 14.0. The summed E-state index contributed by atoms with van der Waals surface area (Å²) in [5, 5.41) is 11.8. The van der Waals surface area contributed by atoms with Gasteiger partial charge in [0.1, 0.15) is 5.51 Å². The number of hydrogen-bond donors (Lipinski definition) is 1. The van der Waals surface area contributed by atoms with Gasteiger partial charge in [0.2, 0.25) is 5.13 Å². The molecule has 0 spiro atoms. The summed E-state index contributed by atoms with van der Waals surface area (Å²) in [5.74, 6) is 0. The van der Waals surface area contributed by atoms with Crippen molar-refractivity contribution >= 4 is 39.8 Å². The molecule has 1 unspecified atom stereocenters. The monoisotopic (exact) mass is 310 g/mol. The molecule has 0 saturated heterocycles. The minimum atomic E-state index is -0.224. The Hall–Kier alpha value is -1.66. The third-order valence-corrected chi connectivity index (χ3v) is 3.84. The maximum atomic E-state index is 12.4. The van der Waals surface area contributed by atoms with Crippen molar-refractivity contribution in [2.24, 2.45) is 0 Å². The topological polar surface area (TPSA) is 58.1 Å². The molecule has 0 saturated carbocycles. The van der Waals surface area contributed by atoms with E-state index >= 15 is 0 Å². The zero-order valence-electron chi connectivity index (χ0n) is 11.2. The Kier molecular flexibility index (Phi) is 4.92. The third-order valence-electron chi connectivity index (χ3n) is 2.90. The van der Waals surface area contributed by atoms with Crippen LogP contribution in [0.4, 0.5) is 15.6 Å². The molecule has 106 valence electrons. The molecule has 2 rings (SSSR count). The van der Waals surface area contributed by atoms with Crippen LogP contribution < -0.4 is 10.2 Å². The van der Waals surface area contributed by atoms with Crippen molar-refractivity contribution in [1.82, 2.24) is 10.2 Å². The SMILES string of the molecule is CCC(C)N(C(=O)Nc1ccc(Cl)cc1)c1nncs1. The van der Waals surface area contributed by atoms with Gasteiger partial charge < -0.3 is 5.32 Å². The van der Waals surface area contributed by atoms with Gasteiger partial charge in [0, 0.05) is 16.8 Å². The van der Waals surface area contributed by atoms with Crippen molar-refractivity contribution < 1.29 is 4.79 Å². The predicted molar refractivity (Wildman–Crippen MR) is 82.6 cm³/mol.